The van der Waals surface area contributed by atoms with Crippen molar-refractivity contribution in [1.82, 2.24) is 5.32 Å². The Kier molecular flexibility index (Phi) is 3.40. The molecule has 2 rings (SSSR count). The van der Waals surface area contributed by atoms with Crippen molar-refractivity contribution in [2.45, 2.75) is 13.0 Å². The van der Waals surface area contributed by atoms with Crippen molar-refractivity contribution >= 4 is 16.7 Å². The molecule has 2 N–H and O–H groups in total. The van der Waals surface area contributed by atoms with Gasteiger partial charge < -0.3 is 10.4 Å². The molecule has 3 heteroatoms. The summed E-state index contributed by atoms with van der Waals surface area (Å²) < 4.78 is 0. The molecule has 0 saturated carbocycles. The first-order chi connectivity index (χ1) is 8.16. The first-order valence-corrected chi connectivity index (χ1v) is 5.62. The van der Waals surface area contributed by atoms with Gasteiger partial charge in [-0.05, 0) is 29.8 Å². The Morgan fingerprint density at radius 3 is 2.65 bits per heavy atom. The van der Waals surface area contributed by atoms with Gasteiger partial charge in [-0.2, -0.15) is 0 Å². The van der Waals surface area contributed by atoms with Crippen LogP contribution >= 0.6 is 0 Å². The molecule has 17 heavy (non-hydrogen) atoms. The zero-order valence-corrected chi connectivity index (χ0v) is 9.68. The van der Waals surface area contributed by atoms with Crippen molar-refractivity contribution in [3.8, 4) is 0 Å². The molecule has 88 valence electrons. The molecule has 0 radical (unpaired) electrons. The summed E-state index contributed by atoms with van der Waals surface area (Å²) in [5.41, 5.74) is 0.615. The molecular formula is C14H15NO2. The second-order valence-electron chi connectivity index (χ2n) is 4.12. The fraction of sp³-hybridized carbons (Fsp3) is 0.214. The first kappa shape index (κ1) is 11.6. The summed E-state index contributed by atoms with van der Waals surface area (Å²) in [4.78, 5) is 11.8. The average molecular weight is 229 g/mol. The van der Waals surface area contributed by atoms with Crippen LogP contribution in [0.1, 0.15) is 17.3 Å². The summed E-state index contributed by atoms with van der Waals surface area (Å²) in [5.74, 6) is -0.156. The van der Waals surface area contributed by atoms with Gasteiger partial charge in [-0.15, -0.1) is 0 Å². The minimum Gasteiger partial charge on any atom is -0.392 e. The molecule has 0 aromatic heterocycles. The summed E-state index contributed by atoms with van der Waals surface area (Å²) in [7, 11) is 0. The van der Waals surface area contributed by atoms with Crippen LogP contribution in [0, 0.1) is 0 Å². The van der Waals surface area contributed by atoms with E-state index in [0.717, 1.165) is 10.8 Å². The van der Waals surface area contributed by atoms with Crippen LogP contribution in [0.5, 0.6) is 0 Å². The van der Waals surface area contributed by atoms with Gasteiger partial charge in [-0.3, -0.25) is 4.79 Å². The monoisotopic (exact) mass is 229 g/mol. The Morgan fingerprint density at radius 2 is 1.94 bits per heavy atom. The predicted octanol–water partition coefficient (Wildman–Crippen LogP) is 1.95. The highest BCUT2D eigenvalue weighted by atomic mass is 16.3. The van der Waals surface area contributed by atoms with Crippen LogP contribution in [0.25, 0.3) is 10.8 Å². The molecule has 1 atom stereocenters. The van der Waals surface area contributed by atoms with E-state index in [1.807, 2.05) is 36.4 Å². The Morgan fingerprint density at radius 1 is 1.24 bits per heavy atom. The molecule has 0 bridgehead atoms. The predicted molar refractivity (Wildman–Crippen MR) is 68.0 cm³/mol. The number of carbonyl (C=O) groups excluding carboxylic acids is 1. The van der Waals surface area contributed by atoms with Crippen LogP contribution in [0.4, 0.5) is 0 Å². The highest BCUT2D eigenvalue weighted by molar-refractivity contribution is 5.98. The van der Waals surface area contributed by atoms with Crippen molar-refractivity contribution < 1.29 is 9.90 Å². The largest absolute Gasteiger partial charge is 0.392 e. The van der Waals surface area contributed by atoms with Gasteiger partial charge in [0.25, 0.3) is 5.91 Å². The van der Waals surface area contributed by atoms with Crippen molar-refractivity contribution in [3.05, 3.63) is 48.0 Å². The van der Waals surface area contributed by atoms with Gasteiger partial charge in [-0.1, -0.05) is 30.3 Å². The van der Waals surface area contributed by atoms with E-state index >= 15 is 0 Å². The van der Waals surface area contributed by atoms with E-state index in [1.54, 1.807) is 13.0 Å². The molecule has 1 unspecified atom stereocenters. The summed E-state index contributed by atoms with van der Waals surface area (Å²) in [6, 6.07) is 13.5. The molecule has 0 spiro atoms. The lowest BCUT2D eigenvalue weighted by Gasteiger charge is -2.07. The quantitative estimate of drug-likeness (QED) is 0.845. The van der Waals surface area contributed by atoms with Crippen molar-refractivity contribution in [2.24, 2.45) is 0 Å². The van der Waals surface area contributed by atoms with E-state index < -0.39 is 6.10 Å². The number of rotatable bonds is 3. The topological polar surface area (TPSA) is 49.3 Å². The molecule has 0 saturated heterocycles. The van der Waals surface area contributed by atoms with Crippen molar-refractivity contribution in [1.29, 1.82) is 0 Å². The SMILES string of the molecule is CC(O)CNC(=O)c1ccc2ccccc2c1. The van der Waals surface area contributed by atoms with Gasteiger partial charge in [0.15, 0.2) is 0 Å². The van der Waals surface area contributed by atoms with Gasteiger partial charge in [0.1, 0.15) is 0 Å². The fourth-order valence-corrected chi connectivity index (χ4v) is 1.67. The lowest BCUT2D eigenvalue weighted by molar-refractivity contribution is 0.0924. The third-order valence-corrected chi connectivity index (χ3v) is 2.57. The maximum absolute atomic E-state index is 11.8. The zero-order valence-electron chi connectivity index (χ0n) is 9.68. The van der Waals surface area contributed by atoms with Crippen molar-refractivity contribution in [3.63, 3.8) is 0 Å². The van der Waals surface area contributed by atoms with Crippen LogP contribution in [-0.2, 0) is 0 Å². The molecule has 0 heterocycles. The van der Waals surface area contributed by atoms with Crippen LogP contribution in [0.3, 0.4) is 0 Å². The maximum atomic E-state index is 11.8. The number of benzene rings is 2. The van der Waals surface area contributed by atoms with E-state index in [-0.39, 0.29) is 12.5 Å². The van der Waals surface area contributed by atoms with Crippen molar-refractivity contribution in [2.75, 3.05) is 6.54 Å². The number of nitrogens with one attached hydrogen (secondary N) is 1. The number of aliphatic hydroxyl groups excluding tert-OH is 1. The maximum Gasteiger partial charge on any atom is 0.251 e. The van der Waals surface area contributed by atoms with E-state index in [4.69, 9.17) is 5.11 Å². The van der Waals surface area contributed by atoms with Gasteiger partial charge in [-0.25, -0.2) is 0 Å². The Hall–Kier alpha value is -1.87. The molecule has 1 amide bonds. The molecule has 2 aromatic carbocycles. The lowest BCUT2D eigenvalue weighted by atomic mass is 10.1. The zero-order chi connectivity index (χ0) is 12.3. The highest BCUT2D eigenvalue weighted by Gasteiger charge is 2.06. The number of hydrogen-bond acceptors (Lipinski definition) is 2. The van der Waals surface area contributed by atoms with Crippen LogP contribution < -0.4 is 5.32 Å². The number of amides is 1. The van der Waals surface area contributed by atoms with Crippen LogP contribution in [-0.4, -0.2) is 23.7 Å². The summed E-state index contributed by atoms with van der Waals surface area (Å²) in [5, 5.41) is 13.9. The Balaban J connectivity index is 2.21. The third-order valence-electron chi connectivity index (χ3n) is 2.57. The molecule has 3 nitrogen and oxygen atoms in total. The summed E-state index contributed by atoms with van der Waals surface area (Å²) >= 11 is 0. The average Bonchev–Trinajstić information content (AvgIpc) is 2.35. The van der Waals surface area contributed by atoms with E-state index in [0.29, 0.717) is 5.56 Å². The van der Waals surface area contributed by atoms with E-state index in [1.165, 1.54) is 0 Å². The number of aliphatic hydroxyl groups is 1. The van der Waals surface area contributed by atoms with Gasteiger partial charge >= 0.3 is 0 Å². The Labute approximate surface area is 100 Å². The molecular weight excluding hydrogens is 214 g/mol. The normalized spacial score (nSPS) is 12.4. The molecule has 0 aliphatic heterocycles. The van der Waals surface area contributed by atoms with Gasteiger partial charge in [0.05, 0.1) is 6.10 Å². The minimum atomic E-state index is -0.528. The molecule has 0 aliphatic rings. The molecule has 2 aromatic rings. The summed E-state index contributed by atoms with van der Waals surface area (Å²) in [6.07, 6.45) is -0.528. The smallest absolute Gasteiger partial charge is 0.251 e. The van der Waals surface area contributed by atoms with Crippen LogP contribution in [0.2, 0.25) is 0 Å². The number of hydrogen-bond donors (Lipinski definition) is 2. The number of fused-ring (bicyclic) bond motifs is 1. The van der Waals surface area contributed by atoms with Crippen LogP contribution in [0.15, 0.2) is 42.5 Å². The van der Waals surface area contributed by atoms with E-state index in [9.17, 15) is 4.79 Å². The molecule has 0 fully saturated rings. The minimum absolute atomic E-state index is 0.156. The second-order valence-corrected chi connectivity index (χ2v) is 4.12. The fourth-order valence-electron chi connectivity index (χ4n) is 1.67. The van der Waals surface area contributed by atoms with Gasteiger partial charge in [0, 0.05) is 12.1 Å². The Bertz CT molecular complexity index is 534. The second kappa shape index (κ2) is 4.97. The highest BCUT2D eigenvalue weighted by Crippen LogP contribution is 2.15. The first-order valence-electron chi connectivity index (χ1n) is 5.62. The number of carbonyl (C=O) groups is 1. The lowest BCUT2D eigenvalue weighted by Crippen LogP contribution is -2.30. The molecule has 0 aliphatic carbocycles. The van der Waals surface area contributed by atoms with E-state index in [2.05, 4.69) is 5.32 Å². The third kappa shape index (κ3) is 2.82. The summed E-state index contributed by atoms with van der Waals surface area (Å²) in [6.45, 7) is 1.91. The standard InChI is InChI=1S/C14H15NO2/c1-10(16)9-15-14(17)13-7-6-11-4-2-3-5-12(11)8-13/h2-8,10,16H,9H2,1H3,(H,15,17). The van der Waals surface area contributed by atoms with Gasteiger partial charge in [0.2, 0.25) is 0 Å².